The van der Waals surface area contributed by atoms with Gasteiger partial charge in [-0.2, -0.15) is 0 Å². The van der Waals surface area contributed by atoms with Gasteiger partial charge in [0, 0.05) is 36.2 Å². The van der Waals surface area contributed by atoms with Crippen LogP contribution in [0, 0.1) is 10.8 Å². The summed E-state index contributed by atoms with van der Waals surface area (Å²) in [6.45, 7) is -10.6. The molecule has 4 bridgehead atoms. The summed E-state index contributed by atoms with van der Waals surface area (Å²) in [7, 11) is -10.3. The van der Waals surface area contributed by atoms with Gasteiger partial charge in [0.2, 0.25) is 16.3 Å². The van der Waals surface area contributed by atoms with Crippen molar-refractivity contribution < 1.29 is 54.6 Å². The summed E-state index contributed by atoms with van der Waals surface area (Å²) in [5.74, 6) is 0. The molecule has 4 atom stereocenters. The quantitative estimate of drug-likeness (QED) is 0.219. The Morgan fingerprint density at radius 1 is 0.725 bits per heavy atom. The molecule has 0 aromatic heterocycles. The first kappa shape index (κ1) is 32.0. The Labute approximate surface area is 233 Å². The smallest absolute Gasteiger partial charge is 0.300 e. The van der Waals surface area contributed by atoms with E-state index in [9.17, 15) is 36.5 Å². The summed E-state index contributed by atoms with van der Waals surface area (Å²) in [5.41, 5.74) is -0.626. The van der Waals surface area contributed by atoms with Crippen LogP contribution in [0.1, 0.15) is 38.8 Å². The van der Waals surface area contributed by atoms with Crippen molar-refractivity contribution in [1.82, 2.24) is 10.2 Å². The highest BCUT2D eigenvalue weighted by Crippen LogP contribution is 3.08. The second-order valence-electron chi connectivity index (χ2n) is 11.4. The van der Waals surface area contributed by atoms with E-state index < -0.39 is 80.7 Å². The van der Waals surface area contributed by atoms with E-state index in [4.69, 9.17) is 18.1 Å². The molecule has 14 nitrogen and oxygen atoms in total. The third-order valence-corrected chi connectivity index (χ3v) is 49.4. The molecule has 0 radical (unpaired) electrons. The second-order valence-corrected chi connectivity index (χ2v) is 42.7. The highest BCUT2D eigenvalue weighted by molar-refractivity contribution is 8.77. The third kappa shape index (κ3) is 4.62. The van der Waals surface area contributed by atoms with Crippen molar-refractivity contribution in [2.45, 2.75) is 53.4 Å². The normalized spacial score (nSPS) is 42.2. The first-order valence-corrected chi connectivity index (χ1v) is 28.1. The Bertz CT molecular complexity index is 1440. The van der Waals surface area contributed by atoms with E-state index in [1.165, 1.54) is 0 Å². The van der Waals surface area contributed by atoms with Crippen molar-refractivity contribution in [3.8, 4) is 0 Å². The molecule has 0 amide bonds. The van der Waals surface area contributed by atoms with Gasteiger partial charge in [-0.3, -0.25) is 45.5 Å². The minimum absolute atomic E-state index is 0.144. The van der Waals surface area contributed by atoms with E-state index in [2.05, 4.69) is 10.2 Å². The van der Waals surface area contributed by atoms with Crippen LogP contribution in [0.2, 0.25) is 0 Å². The Hall–Kier alpha value is 0.560. The molecular formula is C18H28N2O12P8. The van der Waals surface area contributed by atoms with Gasteiger partial charge in [0.05, 0.1) is 0 Å². The molecule has 6 saturated heterocycles. The summed E-state index contributed by atoms with van der Waals surface area (Å²) in [5, 5.41) is 5.16. The Kier molecular flexibility index (Phi) is 8.02. The zero-order valence-corrected chi connectivity index (χ0v) is 28.9. The zero-order chi connectivity index (χ0) is 29.6. The highest BCUT2D eigenvalue weighted by atomic mass is 32.7. The zero-order valence-electron chi connectivity index (χ0n) is 21.8. The fourth-order valence-electron chi connectivity index (χ4n) is 4.79. The van der Waals surface area contributed by atoms with Gasteiger partial charge in [-0.15, -0.1) is 0 Å². The molecule has 40 heavy (non-hydrogen) atoms. The second kappa shape index (κ2) is 10.0. The minimum atomic E-state index is -4.27. The van der Waals surface area contributed by atoms with Gasteiger partial charge in [-0.1, -0.05) is 52.0 Å². The van der Waals surface area contributed by atoms with Gasteiger partial charge in [-0.05, 0) is 11.1 Å². The third-order valence-electron chi connectivity index (χ3n) is 7.25. The van der Waals surface area contributed by atoms with Crippen LogP contribution in [0.5, 0.6) is 0 Å². The van der Waals surface area contributed by atoms with Gasteiger partial charge in [-0.25, -0.2) is 10.2 Å². The minimum Gasteiger partial charge on any atom is -0.300 e. The monoisotopic (exact) mass is 712 g/mol. The maximum Gasteiger partial charge on any atom is 0.399 e. The van der Waals surface area contributed by atoms with E-state index in [1.54, 1.807) is 52.0 Å². The van der Waals surface area contributed by atoms with E-state index in [0.29, 0.717) is 11.1 Å². The molecule has 0 saturated carbocycles. The number of benzene rings is 1. The molecule has 4 unspecified atom stereocenters. The first-order valence-electron chi connectivity index (χ1n) is 11.9. The molecule has 0 aliphatic carbocycles. The van der Waals surface area contributed by atoms with Gasteiger partial charge in [0.25, 0.3) is 26.4 Å². The molecule has 22 heteroatoms. The molecule has 0 spiro atoms. The lowest BCUT2D eigenvalue weighted by Gasteiger charge is -2.53. The number of rotatable bonds is 10. The van der Waals surface area contributed by atoms with Crippen molar-refractivity contribution in [2.75, 3.05) is 12.3 Å². The van der Waals surface area contributed by atoms with E-state index in [1.807, 2.05) is 0 Å². The van der Waals surface area contributed by atoms with Gasteiger partial charge in [0.1, 0.15) is 0 Å². The standard InChI is InChI=1S/C18H28N2O12P8/c1-17(2)11-35(23,39(27)29-15(17)30-39)37(25,33-21)19-9-13-5-7-14(8-6-13)10-20-38(26,34-22)36(24)12-18(3,4)16-31-40(36,28)32-16/h5-8,15-16H,9-12H2,1-4H3,(H,19,25)(H,20,26). The van der Waals surface area contributed by atoms with Crippen LogP contribution in [0.3, 0.4) is 0 Å². The van der Waals surface area contributed by atoms with Gasteiger partial charge in [0.15, 0.2) is 12.6 Å². The molecule has 7 rings (SSSR count). The summed E-state index contributed by atoms with van der Waals surface area (Å²) in [6.07, 6.45) is -2.08. The highest BCUT2D eigenvalue weighted by Gasteiger charge is 2.75. The molecule has 6 fully saturated rings. The fourth-order valence-corrected chi connectivity index (χ4v) is 45.4. The number of hydrogen-bond donors (Lipinski definition) is 2. The maximum absolute atomic E-state index is 13.8. The lowest BCUT2D eigenvalue weighted by Crippen LogP contribution is -2.46. The first-order chi connectivity index (χ1) is 18.3. The van der Waals surface area contributed by atoms with Crippen LogP contribution in [-0.4, -0.2) is 24.9 Å². The van der Waals surface area contributed by atoms with Crippen molar-refractivity contribution in [2.24, 2.45) is 10.8 Å². The molecule has 6 aliphatic rings. The summed E-state index contributed by atoms with van der Waals surface area (Å²) in [6, 6.07) is 6.34. The Balaban J connectivity index is 1.27. The predicted octanol–water partition coefficient (Wildman–Crippen LogP) is 8.43. The van der Waals surface area contributed by atoms with Gasteiger partial charge < -0.3 is 9.13 Å². The Morgan fingerprint density at radius 2 is 1.02 bits per heavy atom. The van der Waals surface area contributed by atoms with Crippen molar-refractivity contribution in [1.29, 1.82) is 0 Å². The number of fused-ring (bicyclic) bond motifs is 4. The van der Waals surface area contributed by atoms with Crippen LogP contribution < -0.4 is 10.2 Å². The Morgan fingerprint density at radius 3 is 1.30 bits per heavy atom. The van der Waals surface area contributed by atoms with Gasteiger partial charge >= 0.3 is 14.6 Å². The molecule has 222 valence electrons. The SMILES string of the molecule is CC1(C)CP(=O)(P(=O)(NCc2ccc(CNP(=O)(P=O)P3(=O)CC(C)(C)C4OP3(=O)O4)cc2)P=O)P2(=O)OC1O2. The molecular weight excluding hydrogens is 684 g/mol. The summed E-state index contributed by atoms with van der Waals surface area (Å²) < 4.78 is 126. The van der Waals surface area contributed by atoms with Crippen LogP contribution in [0.15, 0.2) is 24.3 Å². The lowest BCUT2D eigenvalue weighted by atomic mass is 9.96. The lowest BCUT2D eigenvalue weighted by molar-refractivity contribution is -0.151. The maximum atomic E-state index is 13.8. The molecule has 2 N–H and O–H groups in total. The number of nitrogens with one attached hydrogen (secondary N) is 2. The molecule has 1 aromatic rings. The van der Waals surface area contributed by atoms with Crippen LogP contribution >= 0.6 is 57.2 Å². The van der Waals surface area contributed by atoms with Crippen molar-refractivity contribution >= 4 is 57.2 Å². The average Bonchev–Trinajstić information content (AvgIpc) is 2.84. The van der Waals surface area contributed by atoms with Crippen LogP contribution in [0.25, 0.3) is 0 Å². The molecule has 6 aliphatic heterocycles. The largest absolute Gasteiger partial charge is 0.399 e. The van der Waals surface area contributed by atoms with E-state index in [-0.39, 0.29) is 25.4 Å². The molecule has 1 aromatic carbocycles. The van der Waals surface area contributed by atoms with E-state index in [0.717, 1.165) is 0 Å². The summed E-state index contributed by atoms with van der Waals surface area (Å²) >= 11 is 0. The number of hydrogen-bond acceptors (Lipinski definition) is 12. The van der Waals surface area contributed by atoms with Crippen LogP contribution in [-0.2, 0) is 67.7 Å². The van der Waals surface area contributed by atoms with Crippen LogP contribution in [0.4, 0.5) is 0 Å². The fraction of sp³-hybridized carbons (Fsp3) is 0.667. The predicted molar refractivity (Wildman–Crippen MR) is 150 cm³/mol. The molecule has 6 heterocycles. The average molecular weight is 712 g/mol. The van der Waals surface area contributed by atoms with Crippen molar-refractivity contribution in [3.05, 3.63) is 35.4 Å². The van der Waals surface area contributed by atoms with Crippen molar-refractivity contribution in [3.63, 3.8) is 0 Å². The summed E-state index contributed by atoms with van der Waals surface area (Å²) in [4.78, 5) is 0. The van der Waals surface area contributed by atoms with E-state index >= 15 is 0 Å². The topological polar surface area (TPSA) is 198 Å².